The second-order valence-electron chi connectivity index (χ2n) is 5.02. The second-order valence-corrected chi connectivity index (χ2v) is 5.02. The zero-order valence-corrected chi connectivity index (χ0v) is 10.8. The number of carbonyl (C=O) groups is 1. The smallest absolute Gasteiger partial charge is 0.351 e. The van der Waals surface area contributed by atoms with E-state index < -0.39 is 0 Å². The molecule has 0 saturated carbocycles. The Morgan fingerprint density at radius 1 is 1.22 bits per heavy atom. The largest absolute Gasteiger partial charge is 0.373 e. The molecular weight excluding hydrogens is 230 g/mol. The summed E-state index contributed by atoms with van der Waals surface area (Å²) in [5.74, 6) is 0.455. The number of rotatable bonds is 1. The van der Waals surface area contributed by atoms with Crippen LogP contribution >= 0.6 is 0 Å². The molecule has 1 unspecified atom stereocenters. The number of nitrogens with one attached hydrogen (secondary N) is 1. The average Bonchev–Trinajstić information content (AvgIpc) is 2.54. The van der Waals surface area contributed by atoms with Gasteiger partial charge in [-0.2, -0.15) is 9.59 Å². The molecule has 2 rings (SSSR count). The summed E-state index contributed by atoms with van der Waals surface area (Å²) < 4.78 is 0. The fraction of sp³-hybridized carbons (Fsp3) is 0.429. The van der Waals surface area contributed by atoms with Crippen molar-refractivity contribution in [1.29, 1.82) is 0 Å². The second kappa shape index (κ2) is 5.61. The highest BCUT2D eigenvalue weighted by molar-refractivity contribution is 5.81. The van der Waals surface area contributed by atoms with Crippen molar-refractivity contribution in [2.45, 2.75) is 38.6 Å². The first-order chi connectivity index (χ1) is 8.40. The Kier molecular flexibility index (Phi) is 4.40. The van der Waals surface area contributed by atoms with Crippen molar-refractivity contribution in [2.24, 2.45) is 0 Å². The molecule has 4 heteroatoms. The molecule has 1 aromatic rings. The first-order valence-corrected chi connectivity index (χ1v) is 5.77. The van der Waals surface area contributed by atoms with Gasteiger partial charge in [-0.3, -0.25) is 4.79 Å². The van der Waals surface area contributed by atoms with Crippen LogP contribution in [0.5, 0.6) is 0 Å². The molecule has 1 fully saturated rings. The highest BCUT2D eigenvalue weighted by Gasteiger charge is 2.39. The normalized spacial score (nSPS) is 20.4. The van der Waals surface area contributed by atoms with Crippen LogP contribution < -0.4 is 5.32 Å². The standard InChI is InChI=1S/C13H17NO.CO2/c1-9-4-6-10(7-5-9)11-8-12(15)14-13(11,2)3;2-1-3/h4-7,11H,8H2,1-3H3,(H,14,15);. The lowest BCUT2D eigenvalue weighted by atomic mass is 9.83. The third-order valence-electron chi connectivity index (χ3n) is 3.20. The van der Waals surface area contributed by atoms with Crippen molar-refractivity contribution in [2.75, 3.05) is 0 Å². The quantitative estimate of drug-likeness (QED) is 0.823. The Balaban J connectivity index is 0.000000492. The maximum atomic E-state index is 11.4. The van der Waals surface area contributed by atoms with Crippen LogP contribution in [0.1, 0.15) is 37.3 Å². The van der Waals surface area contributed by atoms with Crippen molar-refractivity contribution in [3.05, 3.63) is 35.4 Å². The minimum absolute atomic E-state index is 0.119. The van der Waals surface area contributed by atoms with Gasteiger partial charge in [0.1, 0.15) is 0 Å². The zero-order valence-electron chi connectivity index (χ0n) is 10.8. The summed E-state index contributed by atoms with van der Waals surface area (Å²) >= 11 is 0. The molecule has 1 aliphatic heterocycles. The van der Waals surface area contributed by atoms with Crippen LogP contribution in [0.25, 0.3) is 0 Å². The molecular formula is C14H17NO3. The molecule has 1 heterocycles. The van der Waals surface area contributed by atoms with Gasteiger partial charge in [0.05, 0.1) is 0 Å². The molecule has 0 spiro atoms. The van der Waals surface area contributed by atoms with Crippen LogP contribution in [0.3, 0.4) is 0 Å². The summed E-state index contributed by atoms with van der Waals surface area (Å²) in [6.07, 6.45) is 0.857. The minimum atomic E-state index is -0.119. The van der Waals surface area contributed by atoms with Crippen LogP contribution in [0, 0.1) is 6.92 Å². The van der Waals surface area contributed by atoms with Crippen molar-refractivity contribution >= 4 is 12.1 Å². The van der Waals surface area contributed by atoms with E-state index in [1.54, 1.807) is 0 Å². The van der Waals surface area contributed by atoms with Gasteiger partial charge >= 0.3 is 6.15 Å². The van der Waals surface area contributed by atoms with Gasteiger partial charge in [0.15, 0.2) is 0 Å². The molecule has 0 aliphatic carbocycles. The predicted octanol–water partition coefficient (Wildman–Crippen LogP) is 1.79. The Hall–Kier alpha value is -1.93. The van der Waals surface area contributed by atoms with Crippen molar-refractivity contribution in [3.8, 4) is 0 Å². The maximum Gasteiger partial charge on any atom is 0.373 e. The Labute approximate surface area is 106 Å². The van der Waals surface area contributed by atoms with E-state index in [-0.39, 0.29) is 17.6 Å². The van der Waals surface area contributed by atoms with E-state index in [1.165, 1.54) is 11.1 Å². The molecule has 0 bridgehead atoms. The Bertz CT molecular complexity index is 456. The molecule has 4 nitrogen and oxygen atoms in total. The molecule has 18 heavy (non-hydrogen) atoms. The van der Waals surface area contributed by atoms with E-state index in [2.05, 4.69) is 50.4 Å². The van der Waals surface area contributed by atoms with Gasteiger partial charge in [-0.05, 0) is 26.3 Å². The van der Waals surface area contributed by atoms with Crippen molar-refractivity contribution in [1.82, 2.24) is 5.32 Å². The van der Waals surface area contributed by atoms with Gasteiger partial charge in [0, 0.05) is 17.9 Å². The Morgan fingerprint density at radius 3 is 2.11 bits per heavy atom. The van der Waals surface area contributed by atoms with Gasteiger partial charge < -0.3 is 5.32 Å². The summed E-state index contributed by atoms with van der Waals surface area (Å²) in [4.78, 5) is 27.6. The van der Waals surface area contributed by atoms with Crippen LogP contribution in [0.15, 0.2) is 24.3 Å². The highest BCUT2D eigenvalue weighted by Crippen LogP contribution is 2.35. The SMILES string of the molecule is Cc1ccc(C2CC(=O)NC2(C)C)cc1.O=C=O. The molecule has 96 valence electrons. The highest BCUT2D eigenvalue weighted by atomic mass is 16.2. The van der Waals surface area contributed by atoms with E-state index in [9.17, 15) is 4.79 Å². The summed E-state index contributed by atoms with van der Waals surface area (Å²) in [6.45, 7) is 6.25. The van der Waals surface area contributed by atoms with Crippen LogP contribution in [0.4, 0.5) is 0 Å². The number of carbonyl (C=O) groups excluding carboxylic acids is 3. The van der Waals surface area contributed by atoms with Crippen LogP contribution in [-0.4, -0.2) is 17.6 Å². The topological polar surface area (TPSA) is 63.2 Å². The number of benzene rings is 1. The lowest BCUT2D eigenvalue weighted by molar-refractivity contribution is -0.191. The fourth-order valence-corrected chi connectivity index (χ4v) is 2.27. The van der Waals surface area contributed by atoms with Gasteiger partial charge in [-0.25, -0.2) is 0 Å². The Morgan fingerprint density at radius 2 is 1.72 bits per heavy atom. The molecule has 0 aromatic heterocycles. The van der Waals surface area contributed by atoms with E-state index in [0.717, 1.165) is 0 Å². The number of aryl methyl sites for hydroxylation is 1. The van der Waals surface area contributed by atoms with E-state index in [0.29, 0.717) is 12.3 Å². The molecule has 0 radical (unpaired) electrons. The summed E-state index contributed by atoms with van der Waals surface area (Å²) in [7, 11) is 0. The molecule has 1 aromatic carbocycles. The lowest BCUT2D eigenvalue weighted by Gasteiger charge is -2.26. The number of amides is 1. The zero-order chi connectivity index (χ0) is 13.8. The van der Waals surface area contributed by atoms with Crippen LogP contribution in [-0.2, 0) is 14.4 Å². The molecule has 1 atom stereocenters. The van der Waals surface area contributed by atoms with E-state index in [1.807, 2.05) is 0 Å². The molecule has 1 saturated heterocycles. The first-order valence-electron chi connectivity index (χ1n) is 5.77. The molecule has 1 aliphatic rings. The van der Waals surface area contributed by atoms with Gasteiger partial charge in [-0.1, -0.05) is 29.8 Å². The monoisotopic (exact) mass is 247 g/mol. The first kappa shape index (κ1) is 14.1. The van der Waals surface area contributed by atoms with E-state index >= 15 is 0 Å². The maximum absolute atomic E-state index is 11.4. The molecule has 1 N–H and O–H groups in total. The molecule has 1 amide bonds. The summed E-state index contributed by atoms with van der Waals surface area (Å²) in [5, 5.41) is 3.02. The number of hydrogen-bond acceptors (Lipinski definition) is 3. The average molecular weight is 247 g/mol. The summed E-state index contributed by atoms with van der Waals surface area (Å²) in [6, 6.07) is 8.46. The minimum Gasteiger partial charge on any atom is -0.351 e. The van der Waals surface area contributed by atoms with Gasteiger partial charge in [0.25, 0.3) is 0 Å². The van der Waals surface area contributed by atoms with Crippen LogP contribution in [0.2, 0.25) is 0 Å². The third-order valence-corrected chi connectivity index (χ3v) is 3.20. The van der Waals surface area contributed by atoms with Crippen molar-refractivity contribution in [3.63, 3.8) is 0 Å². The predicted molar refractivity (Wildman–Crippen MR) is 65.8 cm³/mol. The van der Waals surface area contributed by atoms with E-state index in [4.69, 9.17) is 9.59 Å². The fourth-order valence-electron chi connectivity index (χ4n) is 2.27. The number of hydrogen-bond donors (Lipinski definition) is 1. The van der Waals surface area contributed by atoms with Gasteiger partial charge in [-0.15, -0.1) is 0 Å². The van der Waals surface area contributed by atoms with Gasteiger partial charge in [0.2, 0.25) is 5.91 Å². The van der Waals surface area contributed by atoms with Crippen molar-refractivity contribution < 1.29 is 14.4 Å². The summed E-state index contributed by atoms with van der Waals surface area (Å²) in [5.41, 5.74) is 2.39. The lowest BCUT2D eigenvalue weighted by Crippen LogP contribution is -2.38. The third kappa shape index (κ3) is 3.28.